The van der Waals surface area contributed by atoms with E-state index in [1.165, 1.54) is 0 Å². The van der Waals surface area contributed by atoms with Crippen molar-refractivity contribution in [2.24, 2.45) is 5.92 Å². The molecule has 94 valence electrons. The summed E-state index contributed by atoms with van der Waals surface area (Å²) in [5, 5.41) is 9.20. The van der Waals surface area contributed by atoms with Crippen LogP contribution < -0.4 is 0 Å². The van der Waals surface area contributed by atoms with Crippen molar-refractivity contribution < 1.29 is 9.90 Å². The van der Waals surface area contributed by atoms with Gasteiger partial charge >= 0.3 is 5.97 Å². The summed E-state index contributed by atoms with van der Waals surface area (Å²) in [5.74, 6) is -0.415. The van der Waals surface area contributed by atoms with E-state index in [4.69, 9.17) is 0 Å². The molecular weight excluding hydrogens is 234 g/mol. The molecule has 0 aliphatic heterocycles. The number of nitrogens with zero attached hydrogens (tertiary/aromatic N) is 1. The third kappa shape index (κ3) is 5.73. The number of hydrogen-bond donors (Lipinski definition) is 1. The molecular formula is C13H19NO2S. The van der Waals surface area contributed by atoms with Crippen LogP contribution in [-0.2, 0) is 11.2 Å². The first-order chi connectivity index (χ1) is 7.88. The van der Waals surface area contributed by atoms with E-state index in [0.717, 1.165) is 5.56 Å². The van der Waals surface area contributed by atoms with Crippen molar-refractivity contribution in [3.63, 3.8) is 0 Å². The van der Waals surface area contributed by atoms with Crippen LogP contribution in [0.3, 0.4) is 0 Å². The van der Waals surface area contributed by atoms with Gasteiger partial charge in [0, 0.05) is 22.9 Å². The number of thioether (sulfide) groups is 1. The van der Waals surface area contributed by atoms with E-state index in [1.807, 2.05) is 12.1 Å². The van der Waals surface area contributed by atoms with Crippen LogP contribution in [0.15, 0.2) is 24.5 Å². The second kappa shape index (κ2) is 6.05. The fourth-order valence-electron chi connectivity index (χ4n) is 1.37. The van der Waals surface area contributed by atoms with Crippen molar-refractivity contribution in [2.45, 2.75) is 31.9 Å². The van der Waals surface area contributed by atoms with Gasteiger partial charge in [-0.05, 0) is 24.1 Å². The Balaban J connectivity index is 2.59. The van der Waals surface area contributed by atoms with E-state index >= 15 is 0 Å². The summed E-state index contributed by atoms with van der Waals surface area (Å²) < 4.78 is 0.103. The quantitative estimate of drug-likeness (QED) is 0.876. The number of pyridine rings is 1. The van der Waals surface area contributed by atoms with Crippen LogP contribution >= 0.6 is 11.8 Å². The molecule has 1 atom stereocenters. The second-order valence-corrected chi connectivity index (χ2v) is 6.86. The van der Waals surface area contributed by atoms with Crippen molar-refractivity contribution in [1.82, 2.24) is 4.98 Å². The summed E-state index contributed by atoms with van der Waals surface area (Å²) in [4.78, 5) is 15.1. The van der Waals surface area contributed by atoms with Gasteiger partial charge in [0.2, 0.25) is 0 Å². The third-order valence-electron chi connectivity index (χ3n) is 2.30. The molecule has 1 aromatic rings. The maximum atomic E-state index is 11.2. The van der Waals surface area contributed by atoms with E-state index in [1.54, 1.807) is 24.2 Å². The first-order valence-electron chi connectivity index (χ1n) is 5.64. The minimum atomic E-state index is -0.724. The molecule has 0 aromatic carbocycles. The Morgan fingerprint density at radius 2 is 2.00 bits per heavy atom. The van der Waals surface area contributed by atoms with Crippen LogP contribution in [0.5, 0.6) is 0 Å². The molecule has 0 fully saturated rings. The minimum Gasteiger partial charge on any atom is -0.481 e. The number of aromatic nitrogens is 1. The zero-order valence-electron chi connectivity index (χ0n) is 10.5. The number of aliphatic carboxylic acids is 1. The third-order valence-corrected chi connectivity index (χ3v) is 3.73. The molecule has 1 rings (SSSR count). The van der Waals surface area contributed by atoms with Crippen LogP contribution in [0.2, 0.25) is 0 Å². The second-order valence-electron chi connectivity index (χ2n) is 5.02. The zero-order chi connectivity index (χ0) is 12.9. The van der Waals surface area contributed by atoms with E-state index in [0.29, 0.717) is 12.2 Å². The van der Waals surface area contributed by atoms with Gasteiger partial charge in [0.15, 0.2) is 0 Å². The molecule has 0 aliphatic rings. The molecule has 4 heteroatoms. The summed E-state index contributed by atoms with van der Waals surface area (Å²) >= 11 is 1.69. The number of carboxylic acids is 1. The van der Waals surface area contributed by atoms with Gasteiger partial charge < -0.3 is 5.11 Å². The van der Waals surface area contributed by atoms with Gasteiger partial charge in [-0.1, -0.05) is 20.8 Å². The van der Waals surface area contributed by atoms with Crippen molar-refractivity contribution in [3.05, 3.63) is 30.1 Å². The van der Waals surface area contributed by atoms with Gasteiger partial charge in [-0.15, -0.1) is 0 Å². The molecule has 1 aromatic heterocycles. The summed E-state index contributed by atoms with van der Waals surface area (Å²) in [6, 6.07) is 3.75. The molecule has 0 radical (unpaired) electrons. The van der Waals surface area contributed by atoms with E-state index < -0.39 is 5.97 Å². The average molecular weight is 253 g/mol. The molecule has 17 heavy (non-hydrogen) atoms. The molecule has 1 unspecified atom stereocenters. The van der Waals surface area contributed by atoms with Gasteiger partial charge in [0.1, 0.15) is 0 Å². The van der Waals surface area contributed by atoms with Gasteiger partial charge in [-0.2, -0.15) is 11.8 Å². The highest BCUT2D eigenvalue weighted by molar-refractivity contribution is 8.00. The molecule has 1 N–H and O–H groups in total. The molecule has 1 heterocycles. The monoisotopic (exact) mass is 253 g/mol. The number of rotatable bonds is 5. The highest BCUT2D eigenvalue weighted by atomic mass is 32.2. The summed E-state index contributed by atoms with van der Waals surface area (Å²) in [6.45, 7) is 6.30. The Morgan fingerprint density at radius 3 is 2.47 bits per heavy atom. The van der Waals surface area contributed by atoms with Gasteiger partial charge in [0.05, 0.1) is 5.92 Å². The highest BCUT2D eigenvalue weighted by Gasteiger charge is 2.21. The highest BCUT2D eigenvalue weighted by Crippen LogP contribution is 2.26. The lowest BCUT2D eigenvalue weighted by Gasteiger charge is -2.20. The van der Waals surface area contributed by atoms with Crippen LogP contribution in [-0.4, -0.2) is 26.6 Å². The van der Waals surface area contributed by atoms with Crippen LogP contribution in [0.1, 0.15) is 26.3 Å². The fourth-order valence-corrected chi connectivity index (χ4v) is 2.33. The summed E-state index contributed by atoms with van der Waals surface area (Å²) in [5.41, 5.74) is 1.03. The molecule has 0 amide bonds. The zero-order valence-corrected chi connectivity index (χ0v) is 11.3. The van der Waals surface area contributed by atoms with Crippen LogP contribution in [0, 0.1) is 5.92 Å². The Hall–Kier alpha value is -1.03. The molecule has 0 saturated carbocycles. The molecule has 3 nitrogen and oxygen atoms in total. The summed E-state index contributed by atoms with van der Waals surface area (Å²) in [7, 11) is 0. The molecule has 0 aliphatic carbocycles. The van der Waals surface area contributed by atoms with Gasteiger partial charge in [-0.3, -0.25) is 9.78 Å². The molecule has 0 saturated heterocycles. The maximum absolute atomic E-state index is 11.2. The van der Waals surface area contributed by atoms with Crippen molar-refractivity contribution in [3.8, 4) is 0 Å². The van der Waals surface area contributed by atoms with E-state index in [-0.39, 0.29) is 10.7 Å². The number of hydrogen-bond acceptors (Lipinski definition) is 3. The molecule has 0 spiro atoms. The van der Waals surface area contributed by atoms with E-state index in [2.05, 4.69) is 25.8 Å². The average Bonchev–Trinajstić information content (AvgIpc) is 2.24. The van der Waals surface area contributed by atoms with Gasteiger partial charge in [0.25, 0.3) is 0 Å². The SMILES string of the molecule is CC(C)(C)SCC(Cc1ccncc1)C(=O)O. The lowest BCUT2D eigenvalue weighted by atomic mass is 10.0. The Bertz CT molecular complexity index is 359. The van der Waals surface area contributed by atoms with Crippen molar-refractivity contribution in [2.75, 3.05) is 5.75 Å². The Labute approximate surface area is 107 Å². The van der Waals surface area contributed by atoms with Crippen molar-refractivity contribution >= 4 is 17.7 Å². The first-order valence-corrected chi connectivity index (χ1v) is 6.63. The topological polar surface area (TPSA) is 50.2 Å². The smallest absolute Gasteiger partial charge is 0.307 e. The fraction of sp³-hybridized carbons (Fsp3) is 0.538. The largest absolute Gasteiger partial charge is 0.481 e. The predicted molar refractivity (Wildman–Crippen MR) is 71.3 cm³/mol. The normalized spacial score (nSPS) is 13.4. The lowest BCUT2D eigenvalue weighted by Crippen LogP contribution is -2.22. The number of carboxylic acid groups (broad SMARTS) is 1. The predicted octanol–water partition coefficient (Wildman–Crippen LogP) is 2.86. The Kier molecular flexibility index (Phi) is 5.00. The van der Waals surface area contributed by atoms with E-state index in [9.17, 15) is 9.90 Å². The standard InChI is InChI=1S/C13H19NO2S/c1-13(2,3)17-9-11(12(15)16)8-10-4-6-14-7-5-10/h4-7,11H,8-9H2,1-3H3,(H,15,16). The lowest BCUT2D eigenvalue weighted by molar-refractivity contribution is -0.140. The first kappa shape index (κ1) is 14.0. The number of carbonyl (C=O) groups is 1. The van der Waals surface area contributed by atoms with Crippen LogP contribution in [0.4, 0.5) is 0 Å². The molecule has 0 bridgehead atoms. The Morgan fingerprint density at radius 1 is 1.41 bits per heavy atom. The van der Waals surface area contributed by atoms with Crippen molar-refractivity contribution in [1.29, 1.82) is 0 Å². The summed E-state index contributed by atoms with van der Waals surface area (Å²) in [6.07, 6.45) is 3.97. The minimum absolute atomic E-state index is 0.103. The van der Waals surface area contributed by atoms with Gasteiger partial charge in [-0.25, -0.2) is 0 Å². The maximum Gasteiger partial charge on any atom is 0.307 e. The van der Waals surface area contributed by atoms with Crippen LogP contribution in [0.25, 0.3) is 0 Å².